The SMILES string of the molecule is Cc1cc(Cl)ccc1NC(=O)C1CCCN(Cc2nc(-c3ccc(C(C)(C)C)cc3)no2)C1. The van der Waals surface area contributed by atoms with E-state index in [1.165, 1.54) is 5.56 Å². The summed E-state index contributed by atoms with van der Waals surface area (Å²) in [5, 5.41) is 7.89. The molecular weight excluding hydrogens is 436 g/mol. The zero-order valence-corrected chi connectivity index (χ0v) is 20.4. The molecule has 1 N–H and O–H groups in total. The second kappa shape index (κ2) is 9.65. The number of halogens is 1. The third-order valence-corrected chi connectivity index (χ3v) is 6.39. The van der Waals surface area contributed by atoms with Crippen LogP contribution in [0.2, 0.25) is 5.02 Å². The number of aromatic nitrogens is 2. The Labute approximate surface area is 200 Å². The van der Waals surface area contributed by atoms with Crippen LogP contribution in [0.25, 0.3) is 11.4 Å². The molecule has 6 nitrogen and oxygen atoms in total. The Balaban J connectivity index is 1.37. The summed E-state index contributed by atoms with van der Waals surface area (Å²) in [5.41, 5.74) is 4.07. The van der Waals surface area contributed by atoms with Crippen LogP contribution in [0.3, 0.4) is 0 Å². The second-order valence-electron chi connectivity index (χ2n) is 9.86. The molecule has 1 atom stereocenters. The van der Waals surface area contributed by atoms with Crippen LogP contribution in [0.15, 0.2) is 47.0 Å². The maximum Gasteiger partial charge on any atom is 0.241 e. The number of amides is 1. The molecule has 2 heterocycles. The zero-order chi connectivity index (χ0) is 23.6. The van der Waals surface area contributed by atoms with Crippen molar-refractivity contribution in [2.24, 2.45) is 5.92 Å². The van der Waals surface area contributed by atoms with Gasteiger partial charge in [-0.3, -0.25) is 9.69 Å². The highest BCUT2D eigenvalue weighted by Crippen LogP contribution is 2.26. The molecular formula is C26H31ClN4O2. The summed E-state index contributed by atoms with van der Waals surface area (Å²) in [4.78, 5) is 19.7. The van der Waals surface area contributed by atoms with Crippen LogP contribution in [0, 0.1) is 12.8 Å². The summed E-state index contributed by atoms with van der Waals surface area (Å²) in [6.45, 7) is 10.6. The lowest BCUT2D eigenvalue weighted by atomic mass is 9.87. The van der Waals surface area contributed by atoms with Crippen molar-refractivity contribution in [3.63, 3.8) is 0 Å². The van der Waals surface area contributed by atoms with Gasteiger partial charge in [-0.15, -0.1) is 0 Å². The first-order valence-corrected chi connectivity index (χ1v) is 11.8. The number of hydrogen-bond acceptors (Lipinski definition) is 5. The smallest absolute Gasteiger partial charge is 0.241 e. The van der Waals surface area contributed by atoms with Gasteiger partial charge in [0.25, 0.3) is 0 Å². The van der Waals surface area contributed by atoms with Crippen molar-refractivity contribution >= 4 is 23.2 Å². The number of nitrogens with zero attached hydrogens (tertiary/aromatic N) is 3. The molecule has 1 unspecified atom stereocenters. The Morgan fingerprint density at radius 3 is 2.67 bits per heavy atom. The van der Waals surface area contributed by atoms with Gasteiger partial charge in [0, 0.05) is 22.8 Å². The van der Waals surface area contributed by atoms with Gasteiger partial charge in [0.15, 0.2) is 0 Å². The summed E-state index contributed by atoms with van der Waals surface area (Å²) in [7, 11) is 0. The molecule has 174 valence electrons. The predicted octanol–water partition coefficient (Wildman–Crippen LogP) is 5.85. The lowest BCUT2D eigenvalue weighted by Crippen LogP contribution is -2.40. The minimum absolute atomic E-state index is 0.0373. The molecule has 2 aromatic carbocycles. The maximum absolute atomic E-state index is 12.9. The van der Waals surface area contributed by atoms with Crippen LogP contribution >= 0.6 is 11.6 Å². The quantitative estimate of drug-likeness (QED) is 0.511. The average molecular weight is 467 g/mol. The topological polar surface area (TPSA) is 71.3 Å². The number of likely N-dealkylation sites (tertiary alicyclic amines) is 1. The molecule has 1 aromatic heterocycles. The fourth-order valence-corrected chi connectivity index (χ4v) is 4.39. The highest BCUT2D eigenvalue weighted by molar-refractivity contribution is 6.30. The average Bonchev–Trinajstić information content (AvgIpc) is 3.24. The van der Waals surface area contributed by atoms with E-state index in [9.17, 15) is 4.79 Å². The van der Waals surface area contributed by atoms with Gasteiger partial charge >= 0.3 is 0 Å². The van der Waals surface area contributed by atoms with Crippen LogP contribution in [-0.2, 0) is 16.8 Å². The second-order valence-corrected chi connectivity index (χ2v) is 10.3. The highest BCUT2D eigenvalue weighted by atomic mass is 35.5. The van der Waals surface area contributed by atoms with Gasteiger partial charge in [-0.1, -0.05) is 61.8 Å². The van der Waals surface area contributed by atoms with Crippen molar-refractivity contribution < 1.29 is 9.32 Å². The van der Waals surface area contributed by atoms with Crippen LogP contribution in [0.5, 0.6) is 0 Å². The summed E-state index contributed by atoms with van der Waals surface area (Å²) in [6, 6.07) is 13.8. The summed E-state index contributed by atoms with van der Waals surface area (Å²) < 4.78 is 5.52. The molecule has 1 aliphatic heterocycles. The van der Waals surface area contributed by atoms with E-state index in [4.69, 9.17) is 16.1 Å². The first-order valence-electron chi connectivity index (χ1n) is 11.4. The van der Waals surface area contributed by atoms with Gasteiger partial charge in [0.2, 0.25) is 17.6 Å². The number of aryl methyl sites for hydroxylation is 1. The van der Waals surface area contributed by atoms with Crippen molar-refractivity contribution in [1.82, 2.24) is 15.0 Å². The van der Waals surface area contributed by atoms with Crippen molar-refractivity contribution in [3.8, 4) is 11.4 Å². The van der Waals surface area contributed by atoms with E-state index in [0.717, 1.165) is 36.2 Å². The number of piperidine rings is 1. The number of benzene rings is 2. The standard InChI is InChI=1S/C26H31ClN4O2/c1-17-14-21(27)11-12-22(17)28-25(32)19-6-5-13-31(15-19)16-23-29-24(30-33-23)18-7-9-20(10-8-18)26(2,3)4/h7-12,14,19H,5-6,13,15-16H2,1-4H3,(H,28,32). The molecule has 1 aliphatic rings. The van der Waals surface area contributed by atoms with Gasteiger partial charge < -0.3 is 9.84 Å². The number of rotatable bonds is 5. The number of hydrogen-bond donors (Lipinski definition) is 1. The maximum atomic E-state index is 12.9. The molecule has 0 saturated carbocycles. The molecule has 33 heavy (non-hydrogen) atoms. The Kier molecular flexibility index (Phi) is 6.86. The van der Waals surface area contributed by atoms with Gasteiger partial charge in [-0.25, -0.2) is 0 Å². The molecule has 0 radical (unpaired) electrons. The molecule has 0 bridgehead atoms. The molecule has 0 spiro atoms. The van der Waals surface area contributed by atoms with E-state index < -0.39 is 0 Å². The van der Waals surface area contributed by atoms with E-state index in [1.807, 2.05) is 31.2 Å². The molecule has 1 saturated heterocycles. The monoisotopic (exact) mass is 466 g/mol. The number of carbonyl (C=O) groups excluding carboxylic acids is 1. The van der Waals surface area contributed by atoms with Crippen LogP contribution < -0.4 is 5.32 Å². The fraction of sp³-hybridized carbons (Fsp3) is 0.423. The minimum atomic E-state index is -0.0823. The lowest BCUT2D eigenvalue weighted by molar-refractivity contribution is -0.121. The van der Waals surface area contributed by atoms with Gasteiger partial charge in [-0.05, 0) is 61.1 Å². The molecule has 4 rings (SSSR count). The zero-order valence-electron chi connectivity index (χ0n) is 19.7. The Hall–Kier alpha value is -2.70. The number of anilines is 1. The highest BCUT2D eigenvalue weighted by Gasteiger charge is 2.27. The Morgan fingerprint density at radius 2 is 1.97 bits per heavy atom. The molecule has 1 fully saturated rings. The van der Waals surface area contributed by atoms with Crippen molar-refractivity contribution in [1.29, 1.82) is 0 Å². The first kappa shape index (κ1) is 23.5. The van der Waals surface area contributed by atoms with Crippen molar-refractivity contribution in [2.75, 3.05) is 18.4 Å². The van der Waals surface area contributed by atoms with Gasteiger partial charge in [0.05, 0.1) is 12.5 Å². The van der Waals surface area contributed by atoms with Crippen LogP contribution in [0.4, 0.5) is 5.69 Å². The third-order valence-electron chi connectivity index (χ3n) is 6.16. The molecule has 0 aliphatic carbocycles. The van der Waals surface area contributed by atoms with E-state index in [1.54, 1.807) is 6.07 Å². The molecule has 1 amide bonds. The summed E-state index contributed by atoms with van der Waals surface area (Å²) in [5.74, 6) is 1.12. The minimum Gasteiger partial charge on any atom is -0.338 e. The Bertz CT molecular complexity index is 1120. The lowest BCUT2D eigenvalue weighted by Gasteiger charge is -2.31. The van der Waals surface area contributed by atoms with E-state index in [0.29, 0.717) is 29.8 Å². The number of nitrogens with one attached hydrogen (secondary N) is 1. The summed E-state index contributed by atoms with van der Waals surface area (Å²) in [6.07, 6.45) is 1.82. The largest absolute Gasteiger partial charge is 0.338 e. The van der Waals surface area contributed by atoms with Gasteiger partial charge in [0.1, 0.15) is 0 Å². The first-order chi connectivity index (χ1) is 15.7. The van der Waals surface area contributed by atoms with Crippen molar-refractivity contribution in [3.05, 3.63) is 64.5 Å². The summed E-state index contributed by atoms with van der Waals surface area (Å²) >= 11 is 6.02. The Morgan fingerprint density at radius 1 is 1.21 bits per heavy atom. The van der Waals surface area contributed by atoms with E-state index in [-0.39, 0.29) is 17.2 Å². The molecule has 3 aromatic rings. The van der Waals surface area contributed by atoms with E-state index >= 15 is 0 Å². The van der Waals surface area contributed by atoms with Crippen molar-refractivity contribution in [2.45, 2.75) is 52.5 Å². The van der Waals surface area contributed by atoms with Crippen LogP contribution in [0.1, 0.15) is 50.6 Å². The number of carbonyl (C=O) groups is 1. The van der Waals surface area contributed by atoms with Gasteiger partial charge in [-0.2, -0.15) is 4.98 Å². The molecule has 7 heteroatoms. The predicted molar refractivity (Wildman–Crippen MR) is 131 cm³/mol. The van der Waals surface area contributed by atoms with E-state index in [2.05, 4.69) is 53.3 Å². The van der Waals surface area contributed by atoms with Crippen LogP contribution in [-0.4, -0.2) is 34.0 Å². The fourth-order valence-electron chi connectivity index (χ4n) is 4.16. The normalized spacial score (nSPS) is 17.2. The third kappa shape index (κ3) is 5.81.